The van der Waals surface area contributed by atoms with E-state index >= 15 is 0 Å². The van der Waals surface area contributed by atoms with Crippen molar-refractivity contribution < 1.29 is 5.11 Å². The zero-order chi connectivity index (χ0) is 9.80. The Bertz CT molecular complexity index is 273. The largest absolute Gasteiger partial charge is 0.393 e. The summed E-state index contributed by atoms with van der Waals surface area (Å²) >= 11 is 0. The van der Waals surface area contributed by atoms with E-state index in [1.807, 2.05) is 18.2 Å². The van der Waals surface area contributed by atoms with Crippen LogP contribution in [0.25, 0.3) is 0 Å². The predicted molar refractivity (Wildman–Crippen MR) is 58.3 cm³/mol. The summed E-state index contributed by atoms with van der Waals surface area (Å²) in [5, 5.41) is 13.0. The van der Waals surface area contributed by atoms with Crippen molar-refractivity contribution in [3.63, 3.8) is 0 Å². The molecule has 2 heteroatoms. The minimum atomic E-state index is -0.107. The van der Waals surface area contributed by atoms with Crippen molar-refractivity contribution in [1.29, 1.82) is 0 Å². The lowest BCUT2D eigenvalue weighted by Gasteiger charge is -2.27. The molecule has 1 fully saturated rings. The predicted octanol–water partition coefficient (Wildman–Crippen LogP) is 2.40. The van der Waals surface area contributed by atoms with Crippen LogP contribution in [-0.2, 0) is 0 Å². The van der Waals surface area contributed by atoms with Gasteiger partial charge in [-0.05, 0) is 37.8 Å². The molecule has 0 radical (unpaired) electrons. The highest BCUT2D eigenvalue weighted by molar-refractivity contribution is 5.43. The van der Waals surface area contributed by atoms with Crippen LogP contribution in [0.4, 0.5) is 5.69 Å². The Morgan fingerprint density at radius 3 is 2.64 bits per heavy atom. The van der Waals surface area contributed by atoms with Gasteiger partial charge in [0, 0.05) is 11.7 Å². The summed E-state index contributed by atoms with van der Waals surface area (Å²) in [4.78, 5) is 0. The van der Waals surface area contributed by atoms with Gasteiger partial charge < -0.3 is 10.4 Å². The van der Waals surface area contributed by atoms with Crippen LogP contribution in [0.2, 0.25) is 0 Å². The van der Waals surface area contributed by atoms with Crippen LogP contribution >= 0.6 is 0 Å². The lowest BCUT2D eigenvalue weighted by atomic mass is 9.93. The van der Waals surface area contributed by atoms with Crippen molar-refractivity contribution in [2.75, 3.05) is 5.32 Å². The lowest BCUT2D eigenvalue weighted by molar-refractivity contribution is 0.124. The molecular formula is C12H17NO. The molecule has 14 heavy (non-hydrogen) atoms. The smallest absolute Gasteiger partial charge is 0.0559 e. The van der Waals surface area contributed by atoms with Crippen LogP contribution in [0.5, 0.6) is 0 Å². The average molecular weight is 191 g/mol. The van der Waals surface area contributed by atoms with Crippen LogP contribution in [0.3, 0.4) is 0 Å². The van der Waals surface area contributed by atoms with Crippen molar-refractivity contribution >= 4 is 5.69 Å². The molecule has 1 aromatic rings. The Labute approximate surface area is 85.0 Å². The number of hydrogen-bond donors (Lipinski definition) is 2. The van der Waals surface area contributed by atoms with E-state index in [1.54, 1.807) is 0 Å². The fourth-order valence-electron chi connectivity index (χ4n) is 2.07. The number of aliphatic hydroxyl groups excluding tert-OH is 1. The maximum atomic E-state index is 9.52. The number of anilines is 1. The molecule has 1 aliphatic carbocycles. The molecule has 0 amide bonds. The molecule has 0 aromatic heterocycles. The molecule has 1 aliphatic rings. The number of hydrogen-bond acceptors (Lipinski definition) is 2. The molecule has 0 spiro atoms. The molecule has 2 N–H and O–H groups in total. The van der Waals surface area contributed by atoms with Crippen LogP contribution in [-0.4, -0.2) is 17.3 Å². The molecule has 2 rings (SSSR count). The van der Waals surface area contributed by atoms with Gasteiger partial charge in [-0.2, -0.15) is 0 Å². The van der Waals surface area contributed by atoms with Gasteiger partial charge in [0.2, 0.25) is 0 Å². The monoisotopic (exact) mass is 191 g/mol. The topological polar surface area (TPSA) is 32.3 Å². The van der Waals surface area contributed by atoms with Gasteiger partial charge in [0.15, 0.2) is 0 Å². The van der Waals surface area contributed by atoms with E-state index in [-0.39, 0.29) is 6.10 Å². The molecule has 0 unspecified atom stereocenters. The summed E-state index contributed by atoms with van der Waals surface area (Å²) in [5.41, 5.74) is 1.16. The van der Waals surface area contributed by atoms with Crippen molar-refractivity contribution in [3.8, 4) is 0 Å². The highest BCUT2D eigenvalue weighted by atomic mass is 16.3. The van der Waals surface area contributed by atoms with Gasteiger partial charge in [-0.15, -0.1) is 0 Å². The first-order chi connectivity index (χ1) is 6.84. The third-order valence-corrected chi connectivity index (χ3v) is 2.79. The molecule has 0 heterocycles. The summed E-state index contributed by atoms with van der Waals surface area (Å²) in [5.74, 6) is 0. The average Bonchev–Trinajstić information content (AvgIpc) is 2.19. The van der Waals surface area contributed by atoms with Crippen LogP contribution in [0, 0.1) is 0 Å². The molecule has 0 bridgehead atoms. The lowest BCUT2D eigenvalue weighted by Crippen LogP contribution is -2.29. The summed E-state index contributed by atoms with van der Waals surface area (Å²) in [6.07, 6.45) is 4.05. The SMILES string of the molecule is O[C@@H]1CCC[C@@H](Nc2ccccc2)C1. The van der Waals surface area contributed by atoms with Crippen molar-refractivity contribution in [1.82, 2.24) is 0 Å². The zero-order valence-electron chi connectivity index (χ0n) is 8.32. The Kier molecular flexibility index (Phi) is 3.04. The van der Waals surface area contributed by atoms with Gasteiger partial charge in [-0.1, -0.05) is 18.2 Å². The third kappa shape index (κ3) is 2.48. The van der Waals surface area contributed by atoms with E-state index in [0.717, 1.165) is 24.9 Å². The van der Waals surface area contributed by atoms with Crippen LogP contribution in [0.15, 0.2) is 30.3 Å². The first kappa shape index (κ1) is 9.53. The van der Waals surface area contributed by atoms with Gasteiger partial charge in [0.1, 0.15) is 0 Å². The number of aliphatic hydroxyl groups is 1. The minimum absolute atomic E-state index is 0.107. The molecule has 1 aromatic carbocycles. The number of nitrogens with one attached hydrogen (secondary N) is 1. The first-order valence-electron chi connectivity index (χ1n) is 5.34. The van der Waals surface area contributed by atoms with E-state index in [4.69, 9.17) is 0 Å². The van der Waals surface area contributed by atoms with E-state index in [0.29, 0.717) is 6.04 Å². The highest BCUT2D eigenvalue weighted by Gasteiger charge is 2.19. The quantitative estimate of drug-likeness (QED) is 0.752. The second-order valence-corrected chi connectivity index (χ2v) is 4.03. The fraction of sp³-hybridized carbons (Fsp3) is 0.500. The Hall–Kier alpha value is -1.02. The molecule has 0 aliphatic heterocycles. The van der Waals surface area contributed by atoms with Gasteiger partial charge in [-0.25, -0.2) is 0 Å². The molecule has 76 valence electrons. The fourth-order valence-corrected chi connectivity index (χ4v) is 2.07. The third-order valence-electron chi connectivity index (χ3n) is 2.79. The van der Waals surface area contributed by atoms with Crippen molar-refractivity contribution in [2.45, 2.75) is 37.8 Å². The summed E-state index contributed by atoms with van der Waals surface area (Å²) in [6.45, 7) is 0. The minimum Gasteiger partial charge on any atom is -0.393 e. The van der Waals surface area contributed by atoms with Crippen LogP contribution in [0.1, 0.15) is 25.7 Å². The van der Waals surface area contributed by atoms with Gasteiger partial charge in [-0.3, -0.25) is 0 Å². The second kappa shape index (κ2) is 4.47. The molecule has 1 saturated carbocycles. The summed E-state index contributed by atoms with van der Waals surface area (Å²) < 4.78 is 0. The number of para-hydroxylation sites is 1. The summed E-state index contributed by atoms with van der Waals surface area (Å²) in [6, 6.07) is 10.7. The number of rotatable bonds is 2. The van der Waals surface area contributed by atoms with Crippen molar-refractivity contribution in [2.24, 2.45) is 0 Å². The first-order valence-corrected chi connectivity index (χ1v) is 5.34. The Balaban J connectivity index is 1.91. The number of benzene rings is 1. The van der Waals surface area contributed by atoms with E-state index in [9.17, 15) is 5.11 Å². The van der Waals surface area contributed by atoms with Gasteiger partial charge in [0.25, 0.3) is 0 Å². The van der Waals surface area contributed by atoms with Crippen LogP contribution < -0.4 is 5.32 Å². The maximum Gasteiger partial charge on any atom is 0.0559 e. The standard InChI is InChI=1S/C12H17NO/c14-12-8-4-7-11(9-12)13-10-5-2-1-3-6-10/h1-3,5-6,11-14H,4,7-9H2/t11-,12-/m1/s1. The van der Waals surface area contributed by atoms with E-state index in [2.05, 4.69) is 17.4 Å². The Morgan fingerprint density at radius 2 is 1.93 bits per heavy atom. The molecule has 2 nitrogen and oxygen atoms in total. The van der Waals surface area contributed by atoms with E-state index in [1.165, 1.54) is 6.42 Å². The molecule has 2 atom stereocenters. The molecule has 0 saturated heterocycles. The summed E-state index contributed by atoms with van der Waals surface area (Å²) in [7, 11) is 0. The second-order valence-electron chi connectivity index (χ2n) is 4.03. The van der Waals surface area contributed by atoms with Gasteiger partial charge >= 0.3 is 0 Å². The zero-order valence-corrected chi connectivity index (χ0v) is 8.32. The maximum absolute atomic E-state index is 9.52. The van der Waals surface area contributed by atoms with E-state index < -0.39 is 0 Å². The van der Waals surface area contributed by atoms with Crippen molar-refractivity contribution in [3.05, 3.63) is 30.3 Å². The van der Waals surface area contributed by atoms with Gasteiger partial charge in [0.05, 0.1) is 6.10 Å². The molecular weight excluding hydrogens is 174 g/mol. The highest BCUT2D eigenvalue weighted by Crippen LogP contribution is 2.21. The Morgan fingerprint density at radius 1 is 1.14 bits per heavy atom. The normalized spacial score (nSPS) is 27.2.